The number of carbonyl (C=O) groups is 1. The van der Waals surface area contributed by atoms with Gasteiger partial charge in [0, 0.05) is 25.2 Å². The Morgan fingerprint density at radius 1 is 1.29 bits per heavy atom. The molecule has 0 aliphatic carbocycles. The van der Waals surface area contributed by atoms with Gasteiger partial charge in [0.25, 0.3) is 11.6 Å². The number of anilines is 2. The first-order valence-electron chi connectivity index (χ1n) is 9.52. The van der Waals surface area contributed by atoms with Gasteiger partial charge in [-0.2, -0.15) is 4.98 Å². The maximum atomic E-state index is 11.8. The number of aromatic nitrogens is 2. The fourth-order valence-electron chi connectivity index (χ4n) is 3.34. The standard InChI is InChI=1S/C19H20N6O5S/c20-14-13-17(30-9-10-1-3-11(4-2-10)25(28)29)22-19(24-7-5-12(26)6-8-24)23-18(13)31-15(14)16(21)27/h1-4,12,26H,5-9,20H2,(H2,21,27). The minimum Gasteiger partial charge on any atom is -0.472 e. The molecular formula is C19H20N6O5S. The summed E-state index contributed by atoms with van der Waals surface area (Å²) in [4.78, 5) is 33.8. The van der Waals surface area contributed by atoms with Crippen LogP contribution in [-0.4, -0.2) is 45.1 Å². The number of hydrogen-bond donors (Lipinski definition) is 3. The number of nitro benzene ring substituents is 1. The second kappa shape index (κ2) is 8.32. The van der Waals surface area contributed by atoms with Crippen molar-refractivity contribution < 1.29 is 19.6 Å². The number of nitrogens with two attached hydrogens (primary N) is 2. The number of hydrogen-bond acceptors (Lipinski definition) is 10. The third-order valence-electron chi connectivity index (χ3n) is 5.04. The van der Waals surface area contributed by atoms with Crippen molar-refractivity contribution in [2.75, 3.05) is 23.7 Å². The largest absolute Gasteiger partial charge is 0.472 e. The van der Waals surface area contributed by atoms with Crippen LogP contribution in [0.1, 0.15) is 28.1 Å². The number of nitro groups is 1. The molecule has 5 N–H and O–H groups in total. The SMILES string of the molecule is NC(=O)c1sc2nc(N3CCC(O)CC3)nc(OCc3ccc([N+](=O)[O-])cc3)c2c1N. The fraction of sp³-hybridized carbons (Fsp3) is 0.316. The predicted octanol–water partition coefficient (Wildman–Crippen LogP) is 1.82. The van der Waals surface area contributed by atoms with E-state index >= 15 is 0 Å². The number of primary amides is 1. The molecule has 0 saturated carbocycles. The first-order chi connectivity index (χ1) is 14.8. The summed E-state index contributed by atoms with van der Waals surface area (Å²) < 4.78 is 5.91. The molecule has 1 aliphatic heterocycles. The number of piperidine rings is 1. The van der Waals surface area contributed by atoms with Crippen LogP contribution in [0.15, 0.2) is 24.3 Å². The van der Waals surface area contributed by atoms with Crippen molar-refractivity contribution in [1.29, 1.82) is 0 Å². The van der Waals surface area contributed by atoms with Crippen molar-refractivity contribution in [3.05, 3.63) is 44.8 Å². The molecule has 11 nitrogen and oxygen atoms in total. The van der Waals surface area contributed by atoms with Crippen LogP contribution in [0.4, 0.5) is 17.3 Å². The number of nitrogen functional groups attached to an aromatic ring is 1. The highest BCUT2D eigenvalue weighted by atomic mass is 32.1. The molecule has 1 saturated heterocycles. The lowest BCUT2D eigenvalue weighted by atomic mass is 10.1. The van der Waals surface area contributed by atoms with Gasteiger partial charge in [0.1, 0.15) is 16.3 Å². The van der Waals surface area contributed by atoms with E-state index in [9.17, 15) is 20.0 Å². The average molecular weight is 444 g/mol. The van der Waals surface area contributed by atoms with Crippen molar-refractivity contribution in [1.82, 2.24) is 9.97 Å². The fourth-order valence-corrected chi connectivity index (χ4v) is 4.27. The summed E-state index contributed by atoms with van der Waals surface area (Å²) in [5.41, 5.74) is 12.4. The van der Waals surface area contributed by atoms with Gasteiger partial charge in [-0.15, -0.1) is 11.3 Å². The third kappa shape index (κ3) is 4.20. The first-order valence-corrected chi connectivity index (χ1v) is 10.3. The molecule has 1 fully saturated rings. The average Bonchev–Trinajstić information content (AvgIpc) is 3.09. The van der Waals surface area contributed by atoms with Gasteiger partial charge in [-0.3, -0.25) is 14.9 Å². The molecule has 0 spiro atoms. The maximum Gasteiger partial charge on any atom is 0.269 e. The van der Waals surface area contributed by atoms with Gasteiger partial charge in [-0.05, 0) is 30.5 Å². The van der Waals surface area contributed by atoms with Gasteiger partial charge < -0.3 is 26.2 Å². The molecule has 0 atom stereocenters. The number of aliphatic hydroxyl groups is 1. The van der Waals surface area contributed by atoms with Crippen LogP contribution in [0.25, 0.3) is 10.2 Å². The minimum absolute atomic E-state index is 0.0177. The van der Waals surface area contributed by atoms with Gasteiger partial charge in [-0.25, -0.2) is 4.98 Å². The molecule has 4 rings (SSSR count). The van der Waals surface area contributed by atoms with Crippen molar-refractivity contribution in [2.45, 2.75) is 25.6 Å². The van der Waals surface area contributed by atoms with Gasteiger partial charge in [0.2, 0.25) is 11.8 Å². The maximum absolute atomic E-state index is 11.8. The summed E-state index contributed by atoms with van der Waals surface area (Å²) in [7, 11) is 0. The molecule has 12 heteroatoms. The van der Waals surface area contributed by atoms with Crippen LogP contribution < -0.4 is 21.1 Å². The number of thiophene rings is 1. The van der Waals surface area contributed by atoms with E-state index in [4.69, 9.17) is 16.2 Å². The number of rotatable bonds is 6. The summed E-state index contributed by atoms with van der Waals surface area (Å²) >= 11 is 1.07. The molecule has 0 unspecified atom stereocenters. The van der Waals surface area contributed by atoms with Gasteiger partial charge >= 0.3 is 0 Å². The quantitative estimate of drug-likeness (QED) is 0.379. The third-order valence-corrected chi connectivity index (χ3v) is 6.15. The summed E-state index contributed by atoms with van der Waals surface area (Å²) in [5, 5.41) is 21.0. The van der Waals surface area contributed by atoms with E-state index in [0.29, 0.717) is 47.7 Å². The lowest BCUT2D eigenvalue weighted by molar-refractivity contribution is -0.384. The number of nitrogens with zero attached hydrogens (tertiary/aromatic N) is 4. The molecule has 3 heterocycles. The monoisotopic (exact) mass is 444 g/mol. The Balaban J connectivity index is 1.68. The lowest BCUT2D eigenvalue weighted by Gasteiger charge is -2.29. The Kier molecular flexibility index (Phi) is 5.57. The van der Waals surface area contributed by atoms with Gasteiger partial charge in [-0.1, -0.05) is 0 Å². The first kappa shape index (κ1) is 20.8. The Hall–Kier alpha value is -3.51. The number of fused-ring (bicyclic) bond motifs is 1. The van der Waals surface area contributed by atoms with Crippen LogP contribution in [0, 0.1) is 10.1 Å². The van der Waals surface area contributed by atoms with Gasteiger partial charge in [0.05, 0.1) is 22.1 Å². The smallest absolute Gasteiger partial charge is 0.269 e. The molecule has 2 aromatic heterocycles. The van der Waals surface area contributed by atoms with Crippen molar-refractivity contribution in [3.8, 4) is 5.88 Å². The highest BCUT2D eigenvalue weighted by Gasteiger charge is 2.25. The number of carbonyl (C=O) groups excluding carboxylic acids is 1. The van der Waals surface area contributed by atoms with Crippen LogP contribution in [0.3, 0.4) is 0 Å². The molecule has 0 bridgehead atoms. The molecule has 31 heavy (non-hydrogen) atoms. The Morgan fingerprint density at radius 2 is 1.97 bits per heavy atom. The van der Waals surface area contributed by atoms with E-state index in [0.717, 1.165) is 11.3 Å². The Bertz CT molecular complexity index is 1140. The zero-order valence-electron chi connectivity index (χ0n) is 16.4. The summed E-state index contributed by atoms with van der Waals surface area (Å²) in [6.07, 6.45) is 0.843. The topological polar surface area (TPSA) is 171 Å². The van der Waals surface area contributed by atoms with Gasteiger partial charge in [0.15, 0.2) is 0 Å². The molecule has 3 aromatic rings. The van der Waals surface area contributed by atoms with Crippen LogP contribution in [0.5, 0.6) is 5.88 Å². The Labute approximate surface area is 180 Å². The highest BCUT2D eigenvalue weighted by molar-refractivity contribution is 7.21. The number of amides is 1. The zero-order valence-corrected chi connectivity index (χ0v) is 17.2. The summed E-state index contributed by atoms with van der Waals surface area (Å²) in [6.45, 7) is 1.25. The minimum atomic E-state index is -0.663. The molecule has 1 amide bonds. The number of ether oxygens (including phenoxy) is 1. The van der Waals surface area contributed by atoms with Crippen LogP contribution in [-0.2, 0) is 6.61 Å². The van der Waals surface area contributed by atoms with Crippen molar-refractivity contribution in [2.24, 2.45) is 5.73 Å². The van der Waals surface area contributed by atoms with E-state index in [1.807, 2.05) is 4.90 Å². The van der Waals surface area contributed by atoms with Crippen LogP contribution >= 0.6 is 11.3 Å². The molecule has 1 aromatic carbocycles. The second-order valence-electron chi connectivity index (χ2n) is 7.15. The number of benzene rings is 1. The second-order valence-corrected chi connectivity index (χ2v) is 8.15. The summed E-state index contributed by atoms with van der Waals surface area (Å²) in [5.74, 6) is -0.0504. The predicted molar refractivity (Wildman–Crippen MR) is 115 cm³/mol. The van der Waals surface area contributed by atoms with E-state index in [-0.39, 0.29) is 34.8 Å². The van der Waals surface area contributed by atoms with E-state index < -0.39 is 10.8 Å². The van der Waals surface area contributed by atoms with Crippen molar-refractivity contribution in [3.63, 3.8) is 0 Å². The van der Waals surface area contributed by atoms with E-state index in [1.165, 1.54) is 12.1 Å². The molecule has 1 aliphatic rings. The summed E-state index contributed by atoms with van der Waals surface area (Å²) in [6, 6.07) is 5.97. The van der Waals surface area contributed by atoms with Crippen molar-refractivity contribution >= 4 is 44.8 Å². The number of aliphatic hydroxyl groups excluding tert-OH is 1. The zero-order chi connectivity index (χ0) is 22.1. The lowest BCUT2D eigenvalue weighted by Crippen LogP contribution is -2.36. The molecule has 162 valence electrons. The molecule has 0 radical (unpaired) electrons. The van der Waals surface area contributed by atoms with E-state index in [2.05, 4.69) is 9.97 Å². The molecular weight excluding hydrogens is 424 g/mol. The van der Waals surface area contributed by atoms with E-state index in [1.54, 1.807) is 12.1 Å². The normalized spacial score (nSPS) is 14.7. The van der Waals surface area contributed by atoms with Crippen LogP contribution in [0.2, 0.25) is 0 Å². The number of non-ortho nitro benzene ring substituents is 1. The highest BCUT2D eigenvalue weighted by Crippen LogP contribution is 2.39. The Morgan fingerprint density at radius 3 is 2.58 bits per heavy atom.